The summed E-state index contributed by atoms with van der Waals surface area (Å²) in [5.41, 5.74) is 1.01. The molecule has 1 aromatic carbocycles. The highest BCUT2D eigenvalue weighted by molar-refractivity contribution is 7.03. The summed E-state index contributed by atoms with van der Waals surface area (Å²) in [6.45, 7) is 0.605. The number of hydrogen-bond donors (Lipinski definition) is 1. The Morgan fingerprint density at radius 2 is 2.04 bits per heavy atom. The van der Waals surface area contributed by atoms with Crippen LogP contribution in [-0.2, 0) is 9.53 Å². The maximum absolute atomic E-state index is 13.2. The van der Waals surface area contributed by atoms with Crippen molar-refractivity contribution in [2.75, 3.05) is 20.3 Å². The predicted molar refractivity (Wildman–Crippen MR) is 102 cm³/mol. The van der Waals surface area contributed by atoms with Gasteiger partial charge in [-0.3, -0.25) is 9.59 Å². The number of amides is 2. The molecule has 0 saturated heterocycles. The van der Waals surface area contributed by atoms with Gasteiger partial charge in [0, 0.05) is 25.1 Å². The molecule has 0 spiro atoms. The molecule has 7 nitrogen and oxygen atoms in total. The number of nitrogens with one attached hydrogen (secondary N) is 1. The van der Waals surface area contributed by atoms with Crippen molar-refractivity contribution in [2.45, 2.75) is 37.8 Å². The van der Waals surface area contributed by atoms with Crippen molar-refractivity contribution in [3.05, 3.63) is 47.0 Å². The molecule has 27 heavy (non-hydrogen) atoms. The van der Waals surface area contributed by atoms with Crippen LogP contribution in [0.3, 0.4) is 0 Å². The fourth-order valence-corrected chi connectivity index (χ4v) is 3.83. The first-order valence-corrected chi connectivity index (χ1v) is 9.96. The van der Waals surface area contributed by atoms with Gasteiger partial charge in [-0.15, -0.1) is 5.10 Å². The smallest absolute Gasteiger partial charge is 0.276 e. The summed E-state index contributed by atoms with van der Waals surface area (Å²) < 4.78 is 8.96. The largest absolute Gasteiger partial charge is 0.383 e. The van der Waals surface area contributed by atoms with Gasteiger partial charge < -0.3 is 15.0 Å². The number of rotatable bonds is 8. The predicted octanol–water partition coefficient (Wildman–Crippen LogP) is 2.43. The van der Waals surface area contributed by atoms with Crippen molar-refractivity contribution in [2.24, 2.45) is 0 Å². The minimum absolute atomic E-state index is 0.166. The second-order valence-electron chi connectivity index (χ2n) is 6.58. The summed E-state index contributed by atoms with van der Waals surface area (Å²) in [5.74, 6) is -0.489. The molecule has 2 amide bonds. The maximum Gasteiger partial charge on any atom is 0.276 e. The monoisotopic (exact) mass is 388 g/mol. The molecule has 1 aromatic heterocycles. The Labute approximate surface area is 162 Å². The van der Waals surface area contributed by atoms with Gasteiger partial charge in [0.15, 0.2) is 5.69 Å². The Morgan fingerprint density at radius 3 is 2.67 bits per heavy atom. The zero-order chi connectivity index (χ0) is 19.1. The van der Waals surface area contributed by atoms with Crippen molar-refractivity contribution in [3.8, 4) is 0 Å². The first kappa shape index (κ1) is 19.4. The van der Waals surface area contributed by atoms with E-state index in [0.717, 1.165) is 42.8 Å². The molecule has 1 saturated carbocycles. The van der Waals surface area contributed by atoms with Gasteiger partial charge in [-0.25, -0.2) is 0 Å². The van der Waals surface area contributed by atoms with Crippen LogP contribution >= 0.6 is 11.5 Å². The van der Waals surface area contributed by atoms with E-state index in [1.165, 1.54) is 4.90 Å². The van der Waals surface area contributed by atoms with Crippen LogP contribution in [0.1, 0.15) is 47.8 Å². The molecule has 0 aliphatic heterocycles. The second-order valence-corrected chi connectivity index (χ2v) is 7.19. The average molecular weight is 388 g/mol. The molecule has 3 rings (SSSR count). The van der Waals surface area contributed by atoms with Crippen molar-refractivity contribution in [3.63, 3.8) is 0 Å². The molecule has 1 atom stereocenters. The van der Waals surface area contributed by atoms with Crippen molar-refractivity contribution < 1.29 is 14.3 Å². The van der Waals surface area contributed by atoms with Crippen molar-refractivity contribution >= 4 is 23.3 Å². The van der Waals surface area contributed by atoms with E-state index >= 15 is 0 Å². The van der Waals surface area contributed by atoms with Gasteiger partial charge in [-0.1, -0.05) is 47.7 Å². The summed E-state index contributed by atoms with van der Waals surface area (Å²) in [6.07, 6.45) is 4.21. The zero-order valence-corrected chi connectivity index (χ0v) is 16.2. The lowest BCUT2D eigenvalue weighted by molar-refractivity contribution is -0.126. The molecule has 1 heterocycles. The average Bonchev–Trinajstić information content (AvgIpc) is 3.39. The molecule has 0 bridgehead atoms. The summed E-state index contributed by atoms with van der Waals surface area (Å²) in [7, 11) is 1.57. The Hall–Kier alpha value is -2.32. The quantitative estimate of drug-likeness (QED) is 0.751. The third kappa shape index (κ3) is 4.90. The molecule has 1 aliphatic rings. The number of methoxy groups -OCH3 is 1. The molecule has 0 unspecified atom stereocenters. The van der Waals surface area contributed by atoms with Gasteiger partial charge in [0.1, 0.15) is 6.04 Å². The van der Waals surface area contributed by atoms with Crippen LogP contribution in [0.2, 0.25) is 0 Å². The number of carbonyl (C=O) groups excluding carboxylic acids is 2. The summed E-state index contributed by atoms with van der Waals surface area (Å²) in [5, 5.41) is 8.61. The summed E-state index contributed by atoms with van der Waals surface area (Å²) in [4.78, 5) is 27.8. The van der Waals surface area contributed by atoms with E-state index in [4.69, 9.17) is 4.74 Å². The fourth-order valence-electron chi connectivity index (χ4n) is 3.40. The number of nitrogens with zero attached hydrogens (tertiary/aromatic N) is 3. The van der Waals surface area contributed by atoms with Crippen LogP contribution < -0.4 is 5.32 Å². The fraction of sp³-hybridized carbons (Fsp3) is 0.474. The van der Waals surface area contributed by atoms with Crippen molar-refractivity contribution in [1.29, 1.82) is 0 Å². The second kappa shape index (κ2) is 9.57. The van der Waals surface area contributed by atoms with Gasteiger partial charge in [-0.2, -0.15) is 0 Å². The maximum atomic E-state index is 13.2. The van der Waals surface area contributed by atoms with Crippen LogP contribution in [0.5, 0.6) is 0 Å². The molecule has 2 aromatic rings. The highest BCUT2D eigenvalue weighted by Gasteiger charge is 2.34. The molecule has 8 heteroatoms. The molecule has 0 radical (unpaired) electrons. The third-order valence-electron chi connectivity index (χ3n) is 4.75. The summed E-state index contributed by atoms with van der Waals surface area (Å²) in [6, 6.07) is 8.79. The van der Waals surface area contributed by atoms with Gasteiger partial charge >= 0.3 is 0 Å². The lowest BCUT2D eigenvalue weighted by Crippen LogP contribution is -2.47. The molecule has 1 fully saturated rings. The van der Waals surface area contributed by atoms with Gasteiger partial charge in [0.2, 0.25) is 5.91 Å². The zero-order valence-electron chi connectivity index (χ0n) is 15.3. The Bertz CT molecular complexity index is 733. The molecular formula is C19H24N4O3S. The first-order valence-electron chi connectivity index (χ1n) is 9.13. The van der Waals surface area contributed by atoms with Gasteiger partial charge in [0.25, 0.3) is 5.91 Å². The lowest BCUT2D eigenvalue weighted by atomic mass is 10.0. The number of ether oxygens (including phenoxy) is 1. The summed E-state index contributed by atoms with van der Waals surface area (Å²) >= 11 is 1.11. The number of hydrogen-bond acceptors (Lipinski definition) is 6. The van der Waals surface area contributed by atoms with Crippen LogP contribution in [0, 0.1) is 0 Å². The molecule has 1 N–H and O–H groups in total. The van der Waals surface area contributed by atoms with Crippen LogP contribution in [0.25, 0.3) is 0 Å². The minimum atomic E-state index is -0.740. The Kier molecular flexibility index (Phi) is 6.89. The molecule has 1 aliphatic carbocycles. The SMILES string of the molecule is COCCN(C(=O)c1csnn1)[C@H](C(=O)NC1CCCC1)c1ccccc1. The highest BCUT2D eigenvalue weighted by Crippen LogP contribution is 2.25. The van der Waals surface area contributed by atoms with E-state index in [-0.39, 0.29) is 30.1 Å². The van der Waals surface area contributed by atoms with Crippen molar-refractivity contribution in [1.82, 2.24) is 19.8 Å². The van der Waals surface area contributed by atoms with Crippen LogP contribution in [-0.4, -0.2) is 52.6 Å². The standard InChI is InChI=1S/C19H24N4O3S/c1-26-12-11-23(19(25)16-13-27-22-21-16)17(14-7-3-2-4-8-14)18(24)20-15-9-5-6-10-15/h2-4,7-8,13,15,17H,5-6,9-12H2,1H3,(H,20,24)/t17-/m0/s1. The number of carbonyl (C=O) groups is 2. The third-order valence-corrected chi connectivity index (χ3v) is 5.26. The van der Waals surface area contributed by atoms with E-state index in [0.29, 0.717) is 6.61 Å². The van der Waals surface area contributed by atoms with Gasteiger partial charge in [0.05, 0.1) is 6.61 Å². The minimum Gasteiger partial charge on any atom is -0.383 e. The van der Waals surface area contributed by atoms with Gasteiger partial charge in [-0.05, 0) is 29.9 Å². The van der Waals surface area contributed by atoms with E-state index in [1.807, 2.05) is 30.3 Å². The number of aromatic nitrogens is 2. The van der Waals surface area contributed by atoms with Crippen LogP contribution in [0.4, 0.5) is 0 Å². The lowest BCUT2D eigenvalue weighted by Gasteiger charge is -2.31. The molecule has 144 valence electrons. The van der Waals surface area contributed by atoms with Crippen LogP contribution in [0.15, 0.2) is 35.7 Å². The normalized spacial score (nSPS) is 15.4. The Morgan fingerprint density at radius 1 is 1.30 bits per heavy atom. The number of benzene rings is 1. The van der Waals surface area contributed by atoms with E-state index in [1.54, 1.807) is 12.5 Å². The Balaban J connectivity index is 1.91. The molecular weight excluding hydrogens is 364 g/mol. The van der Waals surface area contributed by atoms with E-state index in [2.05, 4.69) is 14.9 Å². The van der Waals surface area contributed by atoms with E-state index in [9.17, 15) is 9.59 Å². The van der Waals surface area contributed by atoms with E-state index < -0.39 is 6.04 Å². The topological polar surface area (TPSA) is 84.4 Å². The first-order chi connectivity index (χ1) is 13.2. The highest BCUT2D eigenvalue weighted by atomic mass is 32.1.